The van der Waals surface area contributed by atoms with Crippen LogP contribution in [0.5, 0.6) is 0 Å². The van der Waals surface area contributed by atoms with E-state index in [4.69, 9.17) is 0 Å². The molecule has 26 heavy (non-hydrogen) atoms. The Bertz CT molecular complexity index is 392. The average Bonchev–Trinajstić information content (AvgIpc) is 2.99. The van der Waals surface area contributed by atoms with Crippen LogP contribution >= 0.6 is 0 Å². The molecular weight excluding hydrogens is 320 g/mol. The van der Waals surface area contributed by atoms with Crippen LogP contribution in [0.1, 0.15) is 96.8 Å². The van der Waals surface area contributed by atoms with E-state index in [9.17, 15) is 5.11 Å². The summed E-state index contributed by atoms with van der Waals surface area (Å²) in [5, 5.41) is 9.24. The van der Waals surface area contributed by atoms with Gasteiger partial charge in [-0.1, -0.05) is 70.4 Å². The maximum Gasteiger partial charge on any atom is 0.198 e. The predicted octanol–water partition coefficient (Wildman–Crippen LogP) is 5.87. The van der Waals surface area contributed by atoms with Gasteiger partial charge in [-0.3, -0.25) is 4.48 Å². The first-order chi connectivity index (χ1) is 12.7. The summed E-state index contributed by atoms with van der Waals surface area (Å²) in [6.07, 6.45) is 23.5. The quantitative estimate of drug-likeness (QED) is 0.195. The number of hydrogen-bond acceptors (Lipinski definition) is 2. The van der Waals surface area contributed by atoms with Crippen molar-refractivity contribution in [2.45, 2.75) is 96.8 Å². The van der Waals surface area contributed by atoms with Crippen molar-refractivity contribution in [2.75, 3.05) is 33.3 Å². The number of hydrogen-bond donors (Lipinski definition) is 1. The lowest BCUT2D eigenvalue weighted by Crippen LogP contribution is -2.48. The predicted molar refractivity (Wildman–Crippen MR) is 115 cm³/mol. The van der Waals surface area contributed by atoms with E-state index in [0.717, 1.165) is 30.5 Å². The van der Waals surface area contributed by atoms with Gasteiger partial charge in [-0.05, 0) is 32.1 Å². The molecule has 0 bridgehead atoms. The minimum atomic E-state index is 0.266. The molecule has 0 aromatic heterocycles. The summed E-state index contributed by atoms with van der Waals surface area (Å²) in [6, 6.07) is 0. The number of quaternary nitrogens is 1. The fraction of sp³-hybridized carbons (Fsp3) is 0.870. The van der Waals surface area contributed by atoms with Crippen molar-refractivity contribution in [1.82, 2.24) is 0 Å². The molecule has 1 unspecified atom stereocenters. The highest BCUT2D eigenvalue weighted by Crippen LogP contribution is 2.17. The third kappa shape index (κ3) is 10.5. The zero-order valence-electron chi connectivity index (χ0n) is 17.7. The molecule has 152 valence electrons. The Morgan fingerprint density at radius 1 is 0.885 bits per heavy atom. The van der Waals surface area contributed by atoms with Gasteiger partial charge in [0.2, 0.25) is 0 Å². The lowest BCUT2D eigenvalue weighted by atomic mass is 10.1. The third-order valence-electron chi connectivity index (χ3n) is 5.77. The second-order valence-corrected chi connectivity index (χ2v) is 8.20. The highest BCUT2D eigenvalue weighted by molar-refractivity contribution is 5.76. The molecule has 0 saturated heterocycles. The van der Waals surface area contributed by atoms with Gasteiger partial charge in [0.05, 0.1) is 20.2 Å². The molecule has 0 aromatic carbocycles. The zero-order chi connectivity index (χ0) is 18.9. The van der Waals surface area contributed by atoms with E-state index in [2.05, 4.69) is 31.1 Å². The smallest absolute Gasteiger partial charge is 0.198 e. The van der Waals surface area contributed by atoms with Crippen LogP contribution in [0.2, 0.25) is 0 Å². The minimum absolute atomic E-state index is 0.266. The molecule has 0 aromatic rings. The molecule has 1 atom stereocenters. The first-order valence-electron chi connectivity index (χ1n) is 11.4. The normalized spacial score (nSPS) is 20.2. The fourth-order valence-corrected chi connectivity index (χ4v) is 3.86. The van der Waals surface area contributed by atoms with Crippen molar-refractivity contribution in [2.24, 2.45) is 4.99 Å². The van der Waals surface area contributed by atoms with Crippen molar-refractivity contribution < 1.29 is 9.59 Å². The molecule has 1 rings (SSSR count). The molecule has 1 N–H and O–H groups in total. The van der Waals surface area contributed by atoms with Crippen LogP contribution in [0.3, 0.4) is 0 Å². The van der Waals surface area contributed by atoms with E-state index in [1.807, 2.05) is 0 Å². The number of nitrogens with zero attached hydrogens (tertiary/aromatic N) is 2. The maximum absolute atomic E-state index is 9.24. The number of allylic oxidation sites excluding steroid dienone is 2. The van der Waals surface area contributed by atoms with Gasteiger partial charge >= 0.3 is 0 Å². The number of likely N-dealkylation sites (N-methyl/N-ethyl adjacent to an activating group) is 1. The molecule has 3 nitrogen and oxygen atoms in total. The number of rotatable bonds is 17. The van der Waals surface area contributed by atoms with Gasteiger partial charge in [-0.15, -0.1) is 0 Å². The molecule has 0 fully saturated rings. The largest absolute Gasteiger partial charge is 0.390 e. The zero-order valence-corrected chi connectivity index (χ0v) is 17.7. The van der Waals surface area contributed by atoms with E-state index in [1.165, 1.54) is 89.3 Å². The molecule has 1 aliphatic rings. The molecule has 0 saturated carbocycles. The van der Waals surface area contributed by atoms with Crippen molar-refractivity contribution >= 4 is 5.84 Å². The van der Waals surface area contributed by atoms with Gasteiger partial charge in [0.1, 0.15) is 13.1 Å². The Balaban J connectivity index is 1.88. The maximum atomic E-state index is 9.24. The van der Waals surface area contributed by atoms with E-state index in [-0.39, 0.29) is 6.61 Å². The Morgan fingerprint density at radius 3 is 2.08 bits per heavy atom. The summed E-state index contributed by atoms with van der Waals surface area (Å²) >= 11 is 0. The molecule has 0 amide bonds. The summed E-state index contributed by atoms with van der Waals surface area (Å²) in [6.45, 7) is 5.38. The van der Waals surface area contributed by atoms with Gasteiger partial charge < -0.3 is 5.11 Å². The minimum Gasteiger partial charge on any atom is -0.390 e. The monoisotopic (exact) mass is 365 g/mol. The number of unbranched alkanes of at least 4 members (excludes halogenated alkanes) is 11. The molecular formula is C23H45N2O+. The fourth-order valence-electron chi connectivity index (χ4n) is 3.86. The van der Waals surface area contributed by atoms with E-state index < -0.39 is 0 Å². The molecule has 3 heteroatoms. The van der Waals surface area contributed by atoms with Gasteiger partial charge in [0, 0.05) is 6.42 Å². The van der Waals surface area contributed by atoms with Crippen LogP contribution in [-0.2, 0) is 0 Å². The van der Waals surface area contributed by atoms with Crippen molar-refractivity contribution in [3.8, 4) is 0 Å². The Labute approximate surface area is 163 Å². The molecule has 1 aliphatic heterocycles. The van der Waals surface area contributed by atoms with Crippen LogP contribution in [0.25, 0.3) is 0 Å². The van der Waals surface area contributed by atoms with Gasteiger partial charge in [-0.25, -0.2) is 4.99 Å². The lowest BCUT2D eigenvalue weighted by Gasteiger charge is -2.29. The third-order valence-corrected chi connectivity index (χ3v) is 5.77. The molecule has 0 spiro atoms. The van der Waals surface area contributed by atoms with Gasteiger partial charge in [-0.2, -0.15) is 0 Å². The van der Waals surface area contributed by atoms with Crippen LogP contribution in [-0.4, -0.2) is 48.7 Å². The van der Waals surface area contributed by atoms with E-state index in [0.29, 0.717) is 0 Å². The average molecular weight is 366 g/mol. The van der Waals surface area contributed by atoms with Crippen molar-refractivity contribution in [3.05, 3.63) is 12.2 Å². The lowest BCUT2D eigenvalue weighted by molar-refractivity contribution is -0.815. The van der Waals surface area contributed by atoms with Crippen molar-refractivity contribution in [1.29, 1.82) is 0 Å². The second kappa shape index (κ2) is 15.4. The summed E-state index contributed by atoms with van der Waals surface area (Å²) < 4.78 is 0.875. The molecule has 0 aliphatic carbocycles. The van der Waals surface area contributed by atoms with Crippen LogP contribution < -0.4 is 0 Å². The summed E-state index contributed by atoms with van der Waals surface area (Å²) in [5.41, 5.74) is 0. The summed E-state index contributed by atoms with van der Waals surface area (Å²) in [7, 11) is 2.22. The van der Waals surface area contributed by atoms with E-state index >= 15 is 0 Å². The number of aliphatic hydroxyl groups is 1. The van der Waals surface area contributed by atoms with Crippen LogP contribution in [0.15, 0.2) is 17.1 Å². The first kappa shape index (κ1) is 23.4. The number of aliphatic imine (C=N–C) groups is 1. The van der Waals surface area contributed by atoms with Crippen molar-refractivity contribution in [3.63, 3.8) is 0 Å². The summed E-state index contributed by atoms with van der Waals surface area (Å²) in [5.74, 6) is 1.32. The topological polar surface area (TPSA) is 32.6 Å². The van der Waals surface area contributed by atoms with E-state index in [1.54, 1.807) is 0 Å². The van der Waals surface area contributed by atoms with Gasteiger partial charge in [0.15, 0.2) is 5.84 Å². The standard InChI is InChI=1S/C23H45N2O/c1-3-4-5-6-7-8-9-10-11-12-13-14-15-16-17-18-23-24-19-20-25(23,2)21-22-26/h10-11,26H,3-9,12-22H2,1-2H3/q+1. The SMILES string of the molecule is CCCCCCCCC=CCCCCCCCC1=NCC[N+]1(C)CCO. The number of amidine groups is 1. The first-order valence-corrected chi connectivity index (χ1v) is 11.4. The highest BCUT2D eigenvalue weighted by atomic mass is 16.3. The number of aliphatic hydroxyl groups excluding tert-OH is 1. The highest BCUT2D eigenvalue weighted by Gasteiger charge is 2.32. The van der Waals surface area contributed by atoms with Crippen LogP contribution in [0.4, 0.5) is 0 Å². The van der Waals surface area contributed by atoms with Crippen LogP contribution in [0, 0.1) is 0 Å². The Hall–Kier alpha value is -0.670. The Kier molecular flexibility index (Phi) is 13.8. The van der Waals surface area contributed by atoms with Gasteiger partial charge in [0.25, 0.3) is 0 Å². The Morgan fingerprint density at radius 2 is 1.46 bits per heavy atom. The molecule has 0 radical (unpaired) electrons. The summed E-state index contributed by atoms with van der Waals surface area (Å²) in [4.78, 5) is 4.68. The molecule has 1 heterocycles. The second-order valence-electron chi connectivity index (χ2n) is 8.20.